The first-order valence-electron chi connectivity index (χ1n) is 6.63. The second-order valence-corrected chi connectivity index (χ2v) is 4.84. The van der Waals surface area contributed by atoms with Gasteiger partial charge >= 0.3 is 5.97 Å². The minimum absolute atomic E-state index is 0.103. The summed E-state index contributed by atoms with van der Waals surface area (Å²) in [6.07, 6.45) is -6.13. The van der Waals surface area contributed by atoms with Gasteiger partial charge in [0.25, 0.3) is 0 Å². The number of rotatable bonds is 7. The van der Waals surface area contributed by atoms with Crippen molar-refractivity contribution in [1.29, 1.82) is 0 Å². The number of hydrogen-bond acceptors (Lipinski definition) is 8. The Kier molecular flexibility index (Phi) is 7.23. The monoisotopic (exact) mass is 306 g/mol. The molecule has 1 fully saturated rings. The lowest BCUT2D eigenvalue weighted by Crippen LogP contribution is -2.59. The highest BCUT2D eigenvalue weighted by atomic mass is 16.7. The summed E-state index contributed by atoms with van der Waals surface area (Å²) in [5.41, 5.74) is 0.296. The molecule has 1 aliphatic rings. The van der Waals surface area contributed by atoms with Crippen molar-refractivity contribution in [2.75, 3.05) is 19.8 Å². The van der Waals surface area contributed by atoms with E-state index in [1.807, 2.05) is 0 Å². The summed E-state index contributed by atoms with van der Waals surface area (Å²) in [5, 5.41) is 37.8. The van der Waals surface area contributed by atoms with E-state index in [0.717, 1.165) is 0 Å². The van der Waals surface area contributed by atoms with Crippen LogP contribution in [-0.2, 0) is 19.0 Å². The van der Waals surface area contributed by atoms with Crippen LogP contribution in [0.15, 0.2) is 12.2 Å². The number of hydrogen-bond donors (Lipinski definition) is 4. The Balaban J connectivity index is 2.31. The Labute approximate surface area is 122 Å². The average molecular weight is 306 g/mol. The number of aliphatic hydroxyl groups excluding tert-OH is 4. The van der Waals surface area contributed by atoms with Crippen molar-refractivity contribution >= 4 is 5.97 Å². The Morgan fingerprint density at radius 3 is 2.43 bits per heavy atom. The maximum atomic E-state index is 11.1. The Bertz CT molecular complexity index is 356. The van der Waals surface area contributed by atoms with Gasteiger partial charge in [-0.1, -0.05) is 6.58 Å². The van der Waals surface area contributed by atoms with Gasteiger partial charge in [0, 0.05) is 12.0 Å². The molecule has 1 aliphatic heterocycles. The quantitative estimate of drug-likeness (QED) is 0.249. The first kappa shape index (κ1) is 18.0. The molecule has 21 heavy (non-hydrogen) atoms. The zero-order valence-corrected chi connectivity index (χ0v) is 11.8. The lowest BCUT2D eigenvalue weighted by Gasteiger charge is -2.39. The molecule has 0 aromatic heterocycles. The molecule has 8 heteroatoms. The third-order valence-corrected chi connectivity index (χ3v) is 3.00. The van der Waals surface area contributed by atoms with E-state index in [-0.39, 0.29) is 13.2 Å². The minimum Gasteiger partial charge on any atom is -0.462 e. The van der Waals surface area contributed by atoms with Crippen LogP contribution in [0.2, 0.25) is 0 Å². The highest BCUT2D eigenvalue weighted by Gasteiger charge is 2.43. The van der Waals surface area contributed by atoms with Gasteiger partial charge in [0.05, 0.1) is 19.8 Å². The fraction of sp³-hybridized carbons (Fsp3) is 0.769. The smallest absolute Gasteiger partial charge is 0.333 e. The zero-order chi connectivity index (χ0) is 16.0. The standard InChI is InChI=1S/C13H22O8/c1-7(2)12(18)19-4-3-5-20-13-11(17)10(16)9(15)8(6-14)21-13/h8-11,13-17H,1,3-6H2,2H3/t8-,9+,10+,11-,13?/m1/s1. The van der Waals surface area contributed by atoms with Crippen molar-refractivity contribution in [1.82, 2.24) is 0 Å². The molecule has 1 heterocycles. The molecule has 8 nitrogen and oxygen atoms in total. The molecule has 122 valence electrons. The van der Waals surface area contributed by atoms with Crippen molar-refractivity contribution in [3.05, 3.63) is 12.2 Å². The van der Waals surface area contributed by atoms with Gasteiger partial charge in [0.1, 0.15) is 24.4 Å². The highest BCUT2D eigenvalue weighted by Crippen LogP contribution is 2.21. The second-order valence-electron chi connectivity index (χ2n) is 4.84. The maximum absolute atomic E-state index is 11.1. The van der Waals surface area contributed by atoms with Crippen LogP contribution in [0.25, 0.3) is 0 Å². The molecule has 0 aromatic rings. The molecule has 0 aliphatic carbocycles. The van der Waals surface area contributed by atoms with E-state index in [9.17, 15) is 20.1 Å². The Morgan fingerprint density at radius 2 is 1.86 bits per heavy atom. The van der Waals surface area contributed by atoms with E-state index in [2.05, 4.69) is 6.58 Å². The SMILES string of the molecule is C=C(C)C(=O)OCCCOC1O[C@H](CO)[C@H](O)[C@H](O)[C@H]1O. The summed E-state index contributed by atoms with van der Waals surface area (Å²) in [5.74, 6) is -0.497. The van der Waals surface area contributed by atoms with Crippen LogP contribution in [0, 0.1) is 0 Å². The summed E-state index contributed by atoms with van der Waals surface area (Å²) in [6, 6.07) is 0. The first-order chi connectivity index (χ1) is 9.88. The molecule has 0 spiro atoms. The fourth-order valence-electron chi connectivity index (χ4n) is 1.75. The molecule has 0 amide bonds. The highest BCUT2D eigenvalue weighted by molar-refractivity contribution is 5.86. The van der Waals surface area contributed by atoms with Crippen LogP contribution >= 0.6 is 0 Å². The van der Waals surface area contributed by atoms with E-state index in [1.165, 1.54) is 6.92 Å². The third kappa shape index (κ3) is 5.03. The normalized spacial score (nSPS) is 32.7. The number of esters is 1. The summed E-state index contributed by atoms with van der Waals surface area (Å²) in [7, 11) is 0. The molecule has 4 N–H and O–H groups in total. The Morgan fingerprint density at radius 1 is 1.19 bits per heavy atom. The van der Waals surface area contributed by atoms with Gasteiger partial charge in [-0.25, -0.2) is 4.79 Å². The van der Waals surface area contributed by atoms with Gasteiger partial charge in [-0.2, -0.15) is 0 Å². The average Bonchev–Trinajstić information content (AvgIpc) is 2.46. The predicted molar refractivity (Wildman–Crippen MR) is 70.1 cm³/mol. The number of carbonyl (C=O) groups excluding carboxylic acids is 1. The minimum atomic E-state index is -1.47. The van der Waals surface area contributed by atoms with Crippen molar-refractivity contribution in [3.63, 3.8) is 0 Å². The van der Waals surface area contributed by atoms with E-state index in [0.29, 0.717) is 12.0 Å². The van der Waals surface area contributed by atoms with Crippen LogP contribution in [-0.4, -0.2) is 76.9 Å². The third-order valence-electron chi connectivity index (χ3n) is 3.00. The second kappa shape index (κ2) is 8.42. The van der Waals surface area contributed by atoms with Crippen LogP contribution in [0.3, 0.4) is 0 Å². The molecule has 0 bridgehead atoms. The van der Waals surface area contributed by atoms with Gasteiger partial charge in [-0.15, -0.1) is 0 Å². The van der Waals surface area contributed by atoms with Crippen LogP contribution in [0.1, 0.15) is 13.3 Å². The topological polar surface area (TPSA) is 126 Å². The largest absolute Gasteiger partial charge is 0.462 e. The number of aliphatic hydroxyl groups is 4. The number of ether oxygens (including phenoxy) is 3. The molecule has 1 rings (SSSR count). The molecule has 0 aromatic carbocycles. The lowest BCUT2D eigenvalue weighted by atomic mass is 9.99. The summed E-state index contributed by atoms with van der Waals surface area (Å²) in [4.78, 5) is 11.1. The van der Waals surface area contributed by atoms with E-state index in [4.69, 9.17) is 19.3 Å². The van der Waals surface area contributed by atoms with Crippen molar-refractivity contribution in [2.45, 2.75) is 44.1 Å². The van der Waals surface area contributed by atoms with Crippen LogP contribution in [0.4, 0.5) is 0 Å². The molecule has 0 radical (unpaired) electrons. The zero-order valence-electron chi connectivity index (χ0n) is 11.8. The van der Waals surface area contributed by atoms with E-state index < -0.39 is 43.3 Å². The molecular weight excluding hydrogens is 284 g/mol. The summed E-state index contributed by atoms with van der Waals surface area (Å²) >= 11 is 0. The van der Waals surface area contributed by atoms with Crippen molar-refractivity contribution in [2.24, 2.45) is 0 Å². The molecule has 0 saturated carbocycles. The van der Waals surface area contributed by atoms with Crippen LogP contribution < -0.4 is 0 Å². The lowest BCUT2D eigenvalue weighted by molar-refractivity contribution is -0.301. The van der Waals surface area contributed by atoms with Gasteiger partial charge in [-0.05, 0) is 6.92 Å². The summed E-state index contributed by atoms with van der Waals surface area (Å²) in [6.45, 7) is 4.68. The van der Waals surface area contributed by atoms with Crippen molar-refractivity contribution in [3.8, 4) is 0 Å². The predicted octanol–water partition coefficient (Wildman–Crippen LogP) is -1.69. The van der Waals surface area contributed by atoms with Gasteiger partial charge < -0.3 is 34.6 Å². The van der Waals surface area contributed by atoms with Crippen LogP contribution in [0.5, 0.6) is 0 Å². The first-order valence-corrected chi connectivity index (χ1v) is 6.63. The van der Waals surface area contributed by atoms with Gasteiger partial charge in [0.2, 0.25) is 0 Å². The Hall–Kier alpha value is -1.03. The molecule has 5 atom stereocenters. The molecule has 1 unspecified atom stereocenters. The fourth-order valence-corrected chi connectivity index (χ4v) is 1.75. The molecular formula is C13H22O8. The van der Waals surface area contributed by atoms with Gasteiger partial charge in [0.15, 0.2) is 6.29 Å². The van der Waals surface area contributed by atoms with E-state index >= 15 is 0 Å². The van der Waals surface area contributed by atoms with E-state index in [1.54, 1.807) is 0 Å². The molecule has 1 saturated heterocycles. The number of carbonyl (C=O) groups is 1. The maximum Gasteiger partial charge on any atom is 0.333 e. The van der Waals surface area contributed by atoms with Gasteiger partial charge in [-0.3, -0.25) is 0 Å². The summed E-state index contributed by atoms with van der Waals surface area (Å²) < 4.78 is 15.2. The van der Waals surface area contributed by atoms with Crippen molar-refractivity contribution < 1.29 is 39.4 Å².